The maximum absolute atomic E-state index is 9.65. The van der Waals surface area contributed by atoms with E-state index in [-0.39, 0.29) is 11.7 Å². The molecule has 1 aromatic heterocycles. The molecule has 1 saturated heterocycles. The molecule has 140 valence electrons. The maximum Gasteiger partial charge on any atom is 0.247 e. The zero-order chi connectivity index (χ0) is 18.7. The number of nitrogens with zero attached hydrogens (tertiary/aromatic N) is 5. The van der Waals surface area contributed by atoms with E-state index < -0.39 is 6.10 Å². The van der Waals surface area contributed by atoms with E-state index in [9.17, 15) is 5.11 Å². The number of hydrogen-bond donors (Lipinski definition) is 2. The van der Waals surface area contributed by atoms with Crippen molar-refractivity contribution in [3.63, 3.8) is 0 Å². The lowest BCUT2D eigenvalue weighted by molar-refractivity contribution is 0.125. The number of nitrogens with two attached hydrogens (primary N) is 1. The van der Waals surface area contributed by atoms with Gasteiger partial charge in [-0.25, -0.2) is 0 Å². The smallest absolute Gasteiger partial charge is 0.247 e. The van der Waals surface area contributed by atoms with Crippen LogP contribution in [0.4, 0.5) is 11.8 Å². The number of aliphatic hydroxyl groups excluding tert-OH is 1. The van der Waals surface area contributed by atoms with E-state index in [1.807, 2.05) is 4.90 Å². The molecule has 1 aliphatic rings. The molecule has 0 radical (unpaired) electrons. The molecule has 0 bridgehead atoms. The summed E-state index contributed by atoms with van der Waals surface area (Å²) in [5.41, 5.74) is 7.10. The van der Waals surface area contributed by atoms with Crippen LogP contribution in [0.15, 0.2) is 18.2 Å². The van der Waals surface area contributed by atoms with E-state index in [0.29, 0.717) is 46.9 Å². The number of benzene rings is 1. The number of β-amino-alcohol motifs (C(OH)–C–C–N with tert-alkyl or cyclic N) is 1. The number of piperazine rings is 1. The van der Waals surface area contributed by atoms with Crippen molar-refractivity contribution >= 4 is 46.6 Å². The van der Waals surface area contributed by atoms with E-state index in [1.54, 1.807) is 18.2 Å². The molecule has 1 fully saturated rings. The highest BCUT2D eigenvalue weighted by Gasteiger charge is 2.22. The first-order chi connectivity index (χ1) is 12.5. The van der Waals surface area contributed by atoms with Gasteiger partial charge in [0.1, 0.15) is 5.69 Å². The minimum absolute atomic E-state index is 0.233. The summed E-state index contributed by atoms with van der Waals surface area (Å²) in [6.45, 7) is 3.55. The third-order valence-electron chi connectivity index (χ3n) is 4.21. The quantitative estimate of drug-likeness (QED) is 0.720. The van der Waals surface area contributed by atoms with Crippen LogP contribution in [-0.4, -0.2) is 69.9 Å². The van der Waals surface area contributed by atoms with Gasteiger partial charge in [-0.2, -0.15) is 4.98 Å². The molecule has 3 rings (SSSR count). The minimum Gasteiger partial charge on any atom is -0.391 e. The van der Waals surface area contributed by atoms with Crippen molar-refractivity contribution in [1.29, 1.82) is 0 Å². The van der Waals surface area contributed by atoms with Gasteiger partial charge in [-0.15, -0.1) is 21.8 Å². The van der Waals surface area contributed by atoms with Crippen molar-refractivity contribution in [2.45, 2.75) is 6.10 Å². The largest absolute Gasteiger partial charge is 0.391 e. The van der Waals surface area contributed by atoms with Crippen molar-refractivity contribution < 1.29 is 5.11 Å². The summed E-state index contributed by atoms with van der Waals surface area (Å²) in [6.07, 6.45) is -0.515. The predicted molar refractivity (Wildman–Crippen MR) is 105 cm³/mol. The zero-order valence-corrected chi connectivity index (χ0v) is 16.2. The molecular formula is C16H19Cl3N6O. The summed E-state index contributed by atoms with van der Waals surface area (Å²) in [6, 6.07) is 5.24. The number of anilines is 2. The first-order valence-electron chi connectivity index (χ1n) is 8.15. The van der Waals surface area contributed by atoms with Crippen LogP contribution >= 0.6 is 34.8 Å². The molecule has 0 saturated carbocycles. The standard InChI is InChI=1S/C16H19Cl3N6O/c17-8-10(26)9-24-4-6-25(7-5-24)16-21-15(20)14(22-23-16)11-2-1-3-12(18)13(11)19/h1-3,10,26H,4-9H2,(H2,20,21,23). The number of hydrogen-bond acceptors (Lipinski definition) is 7. The van der Waals surface area contributed by atoms with Crippen molar-refractivity contribution in [2.24, 2.45) is 0 Å². The number of alkyl halides is 1. The SMILES string of the molecule is Nc1nc(N2CCN(CC(O)CCl)CC2)nnc1-c1cccc(Cl)c1Cl. The van der Waals surface area contributed by atoms with Crippen LogP contribution in [0.5, 0.6) is 0 Å². The van der Waals surface area contributed by atoms with Gasteiger partial charge in [0.2, 0.25) is 5.95 Å². The Balaban J connectivity index is 1.72. The van der Waals surface area contributed by atoms with Crippen molar-refractivity contribution in [3.05, 3.63) is 28.2 Å². The molecule has 0 amide bonds. The van der Waals surface area contributed by atoms with E-state index >= 15 is 0 Å². The molecule has 1 atom stereocenters. The summed E-state index contributed by atoms with van der Waals surface area (Å²) in [5.74, 6) is 0.957. The lowest BCUT2D eigenvalue weighted by Gasteiger charge is -2.35. The van der Waals surface area contributed by atoms with Gasteiger partial charge in [-0.3, -0.25) is 4.90 Å². The third kappa shape index (κ3) is 4.29. The normalized spacial score (nSPS) is 16.7. The van der Waals surface area contributed by atoms with Gasteiger partial charge in [0.25, 0.3) is 0 Å². The zero-order valence-electron chi connectivity index (χ0n) is 13.9. The van der Waals surface area contributed by atoms with Crippen LogP contribution in [0.3, 0.4) is 0 Å². The third-order valence-corrected chi connectivity index (χ3v) is 5.39. The first-order valence-corrected chi connectivity index (χ1v) is 9.44. The van der Waals surface area contributed by atoms with Crippen molar-refractivity contribution in [3.8, 4) is 11.3 Å². The average Bonchev–Trinajstić information content (AvgIpc) is 2.65. The predicted octanol–water partition coefficient (Wildman–Crippen LogP) is 2.15. The fourth-order valence-corrected chi connectivity index (χ4v) is 3.31. The average molecular weight is 418 g/mol. The summed E-state index contributed by atoms with van der Waals surface area (Å²) < 4.78 is 0. The fraction of sp³-hybridized carbons (Fsp3) is 0.438. The Bertz CT molecular complexity index is 770. The second-order valence-electron chi connectivity index (χ2n) is 6.04. The minimum atomic E-state index is -0.515. The lowest BCUT2D eigenvalue weighted by Crippen LogP contribution is -2.49. The van der Waals surface area contributed by atoms with E-state index in [1.165, 1.54) is 0 Å². The fourth-order valence-electron chi connectivity index (χ4n) is 2.82. The van der Waals surface area contributed by atoms with Gasteiger partial charge in [-0.1, -0.05) is 35.3 Å². The van der Waals surface area contributed by atoms with Gasteiger partial charge in [0, 0.05) is 44.2 Å². The molecule has 0 spiro atoms. The molecule has 1 aromatic carbocycles. The van der Waals surface area contributed by atoms with Crippen LogP contribution in [0, 0.1) is 0 Å². The molecule has 7 nitrogen and oxygen atoms in total. The summed E-state index contributed by atoms with van der Waals surface area (Å²) in [4.78, 5) is 8.55. The Kier molecular flexibility index (Phi) is 6.37. The monoisotopic (exact) mass is 416 g/mol. The van der Waals surface area contributed by atoms with Gasteiger partial charge >= 0.3 is 0 Å². The Morgan fingerprint density at radius 2 is 1.88 bits per heavy atom. The molecule has 1 unspecified atom stereocenters. The highest BCUT2D eigenvalue weighted by Crippen LogP contribution is 2.34. The Hall–Kier alpha value is -1.38. The maximum atomic E-state index is 9.65. The molecule has 0 aliphatic carbocycles. The molecule has 1 aliphatic heterocycles. The number of halogens is 3. The summed E-state index contributed by atoms with van der Waals surface area (Å²) in [5, 5.41) is 18.9. The first kappa shape index (κ1) is 19.4. The number of nitrogen functional groups attached to an aromatic ring is 1. The second kappa shape index (κ2) is 8.54. The van der Waals surface area contributed by atoms with Crippen LogP contribution in [0.25, 0.3) is 11.3 Å². The molecule has 2 aromatic rings. The molecular weight excluding hydrogens is 399 g/mol. The molecule has 10 heteroatoms. The second-order valence-corrected chi connectivity index (χ2v) is 7.14. The summed E-state index contributed by atoms with van der Waals surface area (Å²) >= 11 is 17.9. The van der Waals surface area contributed by atoms with E-state index in [0.717, 1.165) is 13.1 Å². The highest BCUT2D eigenvalue weighted by atomic mass is 35.5. The van der Waals surface area contributed by atoms with E-state index in [2.05, 4.69) is 20.1 Å². The van der Waals surface area contributed by atoms with Crippen molar-refractivity contribution in [2.75, 3.05) is 49.2 Å². The van der Waals surface area contributed by atoms with Crippen LogP contribution in [-0.2, 0) is 0 Å². The van der Waals surface area contributed by atoms with Crippen molar-refractivity contribution in [1.82, 2.24) is 20.1 Å². The van der Waals surface area contributed by atoms with Gasteiger partial charge in [0.05, 0.1) is 16.1 Å². The number of aromatic nitrogens is 3. The Morgan fingerprint density at radius 3 is 2.54 bits per heavy atom. The lowest BCUT2D eigenvalue weighted by atomic mass is 10.1. The molecule has 2 heterocycles. The highest BCUT2D eigenvalue weighted by molar-refractivity contribution is 6.43. The number of rotatable bonds is 5. The molecule has 26 heavy (non-hydrogen) atoms. The Morgan fingerprint density at radius 1 is 1.15 bits per heavy atom. The topological polar surface area (TPSA) is 91.4 Å². The van der Waals surface area contributed by atoms with Gasteiger partial charge < -0.3 is 15.7 Å². The van der Waals surface area contributed by atoms with Gasteiger partial charge in [0.15, 0.2) is 5.82 Å². The van der Waals surface area contributed by atoms with E-state index in [4.69, 9.17) is 40.5 Å². The Labute approximate surface area is 166 Å². The van der Waals surface area contributed by atoms with Crippen LogP contribution in [0.1, 0.15) is 0 Å². The van der Waals surface area contributed by atoms with Gasteiger partial charge in [-0.05, 0) is 6.07 Å². The summed E-state index contributed by atoms with van der Waals surface area (Å²) in [7, 11) is 0. The number of aliphatic hydroxyl groups is 1. The van der Waals surface area contributed by atoms with Crippen LogP contribution in [0.2, 0.25) is 10.0 Å². The van der Waals surface area contributed by atoms with Crippen LogP contribution < -0.4 is 10.6 Å². The molecule has 3 N–H and O–H groups in total.